The fourth-order valence-corrected chi connectivity index (χ4v) is 3.01. The number of nitrogens with zero attached hydrogens (tertiary/aromatic N) is 2. The summed E-state index contributed by atoms with van der Waals surface area (Å²) in [4.78, 5) is 23.5. The van der Waals surface area contributed by atoms with Gasteiger partial charge in [-0.3, -0.25) is 9.48 Å². The first kappa shape index (κ1) is 17.9. The SMILES string of the molecule is O=C(COC(=O)/C=C/c1cnn(Cc2ccccc2)c1)NC1CCCC1. The second kappa shape index (κ2) is 8.99. The number of ether oxygens (including phenoxy) is 1. The van der Waals surface area contributed by atoms with Crippen molar-refractivity contribution in [1.29, 1.82) is 0 Å². The van der Waals surface area contributed by atoms with E-state index in [0.29, 0.717) is 6.54 Å². The van der Waals surface area contributed by atoms with Crippen LogP contribution >= 0.6 is 0 Å². The van der Waals surface area contributed by atoms with Gasteiger partial charge in [-0.05, 0) is 24.5 Å². The number of rotatable bonds is 7. The van der Waals surface area contributed by atoms with Crippen LogP contribution in [0.25, 0.3) is 6.08 Å². The van der Waals surface area contributed by atoms with Crippen LogP contribution in [-0.4, -0.2) is 34.3 Å². The van der Waals surface area contributed by atoms with Crippen LogP contribution in [-0.2, 0) is 20.9 Å². The van der Waals surface area contributed by atoms with Crippen molar-refractivity contribution in [2.24, 2.45) is 0 Å². The summed E-state index contributed by atoms with van der Waals surface area (Å²) in [5, 5.41) is 7.15. The molecule has 0 saturated heterocycles. The van der Waals surface area contributed by atoms with Crippen LogP contribution in [0.1, 0.15) is 36.8 Å². The van der Waals surface area contributed by atoms with E-state index in [1.807, 2.05) is 36.5 Å². The highest BCUT2D eigenvalue weighted by atomic mass is 16.5. The number of benzene rings is 1. The number of carbonyl (C=O) groups excluding carboxylic acids is 2. The summed E-state index contributed by atoms with van der Waals surface area (Å²) >= 11 is 0. The van der Waals surface area contributed by atoms with Crippen molar-refractivity contribution < 1.29 is 14.3 Å². The first-order valence-electron chi connectivity index (χ1n) is 8.89. The van der Waals surface area contributed by atoms with E-state index in [1.165, 1.54) is 6.08 Å². The molecule has 1 fully saturated rings. The zero-order chi connectivity index (χ0) is 18.2. The summed E-state index contributed by atoms with van der Waals surface area (Å²) < 4.78 is 6.77. The molecule has 0 bridgehead atoms. The molecule has 1 N–H and O–H groups in total. The van der Waals surface area contributed by atoms with E-state index in [2.05, 4.69) is 10.4 Å². The third-order valence-corrected chi connectivity index (χ3v) is 4.32. The molecule has 2 aromatic rings. The van der Waals surface area contributed by atoms with Gasteiger partial charge in [0.15, 0.2) is 6.61 Å². The third kappa shape index (κ3) is 5.58. The molecule has 6 heteroatoms. The van der Waals surface area contributed by atoms with Gasteiger partial charge >= 0.3 is 5.97 Å². The number of hydrogen-bond acceptors (Lipinski definition) is 4. The smallest absolute Gasteiger partial charge is 0.331 e. The van der Waals surface area contributed by atoms with Gasteiger partial charge in [0.1, 0.15) is 0 Å². The van der Waals surface area contributed by atoms with Crippen molar-refractivity contribution in [2.45, 2.75) is 38.3 Å². The average Bonchev–Trinajstić information content (AvgIpc) is 3.31. The van der Waals surface area contributed by atoms with Crippen molar-refractivity contribution >= 4 is 18.0 Å². The Morgan fingerprint density at radius 1 is 1.23 bits per heavy atom. The lowest BCUT2D eigenvalue weighted by atomic mass is 10.2. The second-order valence-electron chi connectivity index (χ2n) is 6.45. The maximum Gasteiger partial charge on any atom is 0.331 e. The monoisotopic (exact) mass is 353 g/mol. The summed E-state index contributed by atoms with van der Waals surface area (Å²) in [6, 6.07) is 10.2. The zero-order valence-corrected chi connectivity index (χ0v) is 14.6. The predicted molar refractivity (Wildman–Crippen MR) is 98.2 cm³/mol. The summed E-state index contributed by atoms with van der Waals surface area (Å²) in [5.74, 6) is -0.781. The second-order valence-corrected chi connectivity index (χ2v) is 6.45. The Morgan fingerprint density at radius 2 is 2.00 bits per heavy atom. The highest BCUT2D eigenvalue weighted by molar-refractivity contribution is 5.89. The fourth-order valence-electron chi connectivity index (χ4n) is 3.01. The first-order valence-corrected chi connectivity index (χ1v) is 8.89. The van der Waals surface area contributed by atoms with Gasteiger partial charge in [-0.15, -0.1) is 0 Å². The van der Waals surface area contributed by atoms with Crippen molar-refractivity contribution in [3.8, 4) is 0 Å². The summed E-state index contributed by atoms with van der Waals surface area (Å²) in [6.45, 7) is 0.424. The van der Waals surface area contributed by atoms with Gasteiger partial charge in [0, 0.05) is 23.9 Å². The zero-order valence-electron chi connectivity index (χ0n) is 14.6. The standard InChI is InChI=1S/C20H23N3O3/c24-19(22-18-8-4-5-9-18)15-26-20(25)11-10-17-12-21-23(14-17)13-16-6-2-1-3-7-16/h1-3,6-7,10-12,14,18H,4-5,8-9,13,15H2,(H,22,24)/b11-10+. The van der Waals surface area contributed by atoms with Crippen LogP contribution < -0.4 is 5.32 Å². The molecule has 0 unspecified atom stereocenters. The van der Waals surface area contributed by atoms with Crippen LogP contribution in [0.2, 0.25) is 0 Å². The molecule has 1 aliphatic carbocycles. The van der Waals surface area contributed by atoms with Crippen molar-refractivity contribution in [1.82, 2.24) is 15.1 Å². The molecular formula is C20H23N3O3. The van der Waals surface area contributed by atoms with E-state index in [4.69, 9.17) is 4.74 Å². The quantitative estimate of drug-likeness (QED) is 0.613. The molecule has 1 aliphatic rings. The van der Waals surface area contributed by atoms with Crippen LogP contribution in [0, 0.1) is 0 Å². The van der Waals surface area contributed by atoms with Gasteiger partial charge in [-0.25, -0.2) is 4.79 Å². The van der Waals surface area contributed by atoms with Crippen LogP contribution in [0.15, 0.2) is 48.8 Å². The van der Waals surface area contributed by atoms with Gasteiger partial charge in [-0.1, -0.05) is 43.2 Å². The Hall–Kier alpha value is -2.89. The van der Waals surface area contributed by atoms with E-state index in [-0.39, 0.29) is 18.6 Å². The van der Waals surface area contributed by atoms with Crippen LogP contribution in [0.4, 0.5) is 0 Å². The largest absolute Gasteiger partial charge is 0.452 e. The van der Waals surface area contributed by atoms with E-state index in [0.717, 1.165) is 36.8 Å². The molecular weight excluding hydrogens is 330 g/mol. The number of esters is 1. The van der Waals surface area contributed by atoms with E-state index >= 15 is 0 Å². The highest BCUT2D eigenvalue weighted by Crippen LogP contribution is 2.17. The van der Waals surface area contributed by atoms with Crippen molar-refractivity contribution in [3.63, 3.8) is 0 Å². The van der Waals surface area contributed by atoms with E-state index in [1.54, 1.807) is 17.0 Å². The lowest BCUT2D eigenvalue weighted by molar-refractivity contribution is -0.144. The Kier molecular flexibility index (Phi) is 6.19. The topological polar surface area (TPSA) is 73.2 Å². The lowest BCUT2D eigenvalue weighted by Gasteiger charge is -2.11. The predicted octanol–water partition coefficient (Wildman–Crippen LogP) is 2.55. The van der Waals surface area contributed by atoms with Crippen LogP contribution in [0.5, 0.6) is 0 Å². The first-order chi connectivity index (χ1) is 12.7. The molecule has 1 heterocycles. The van der Waals surface area contributed by atoms with E-state index < -0.39 is 5.97 Å². The Labute approximate surface area is 152 Å². The molecule has 1 saturated carbocycles. The Morgan fingerprint density at radius 3 is 2.77 bits per heavy atom. The van der Waals surface area contributed by atoms with Gasteiger partial charge in [0.2, 0.25) is 0 Å². The minimum absolute atomic E-state index is 0.229. The highest BCUT2D eigenvalue weighted by Gasteiger charge is 2.17. The van der Waals surface area contributed by atoms with E-state index in [9.17, 15) is 9.59 Å². The third-order valence-electron chi connectivity index (χ3n) is 4.32. The fraction of sp³-hybridized carbons (Fsp3) is 0.350. The average molecular weight is 353 g/mol. The van der Waals surface area contributed by atoms with Crippen molar-refractivity contribution in [2.75, 3.05) is 6.61 Å². The molecule has 26 heavy (non-hydrogen) atoms. The van der Waals surface area contributed by atoms with Crippen LogP contribution in [0.3, 0.4) is 0 Å². The molecule has 0 spiro atoms. The lowest BCUT2D eigenvalue weighted by Crippen LogP contribution is -2.35. The maximum atomic E-state index is 11.7. The molecule has 0 atom stereocenters. The molecule has 1 aromatic heterocycles. The number of hydrogen-bond donors (Lipinski definition) is 1. The minimum atomic E-state index is -0.539. The summed E-state index contributed by atoms with van der Waals surface area (Å²) in [7, 11) is 0. The molecule has 6 nitrogen and oxygen atoms in total. The molecule has 0 aliphatic heterocycles. The number of aromatic nitrogens is 2. The number of nitrogens with one attached hydrogen (secondary N) is 1. The maximum absolute atomic E-state index is 11.7. The Bertz CT molecular complexity index is 762. The summed E-state index contributed by atoms with van der Waals surface area (Å²) in [6.07, 6.45) is 10.8. The Balaban J connectivity index is 1.42. The number of carbonyl (C=O) groups is 2. The molecule has 1 amide bonds. The number of amides is 1. The molecule has 3 rings (SSSR count). The van der Waals surface area contributed by atoms with Gasteiger partial charge < -0.3 is 10.1 Å². The molecule has 0 radical (unpaired) electrons. The van der Waals surface area contributed by atoms with Gasteiger partial charge in [0.25, 0.3) is 5.91 Å². The van der Waals surface area contributed by atoms with Crippen molar-refractivity contribution in [3.05, 3.63) is 59.9 Å². The molecule has 136 valence electrons. The minimum Gasteiger partial charge on any atom is -0.452 e. The normalized spacial score (nSPS) is 14.6. The molecule has 1 aromatic carbocycles. The summed E-state index contributed by atoms with van der Waals surface area (Å²) in [5.41, 5.74) is 1.95. The van der Waals surface area contributed by atoms with Gasteiger partial charge in [0.05, 0.1) is 12.7 Å². The van der Waals surface area contributed by atoms with Gasteiger partial charge in [-0.2, -0.15) is 5.10 Å².